The summed E-state index contributed by atoms with van der Waals surface area (Å²) in [6.45, 7) is 2.20. The molecule has 5 nitrogen and oxygen atoms in total. The van der Waals surface area contributed by atoms with Crippen molar-refractivity contribution in [2.45, 2.75) is 6.54 Å². The molecule has 0 aliphatic heterocycles. The molecule has 2 aromatic heterocycles. The molecule has 0 aliphatic carbocycles. The van der Waals surface area contributed by atoms with Crippen LogP contribution in [0.4, 0.5) is 0 Å². The van der Waals surface area contributed by atoms with Gasteiger partial charge in [0.25, 0.3) is 0 Å². The van der Waals surface area contributed by atoms with Gasteiger partial charge in [-0.05, 0) is 12.1 Å². The highest BCUT2D eigenvalue weighted by molar-refractivity contribution is 6.32. The van der Waals surface area contributed by atoms with Gasteiger partial charge in [-0.3, -0.25) is 4.98 Å². The topological polar surface area (TPSA) is 62.8 Å². The third-order valence-electron chi connectivity index (χ3n) is 2.41. The molecule has 0 spiro atoms. The minimum atomic E-state index is 0.589. The van der Waals surface area contributed by atoms with Gasteiger partial charge in [0.1, 0.15) is 5.69 Å². The first kappa shape index (κ1) is 13.0. The lowest BCUT2D eigenvalue weighted by atomic mass is 10.3. The molecule has 0 bridgehead atoms. The summed E-state index contributed by atoms with van der Waals surface area (Å²) in [5, 5.41) is 3.82. The molecule has 0 atom stereocenters. The van der Waals surface area contributed by atoms with E-state index < -0.39 is 0 Å². The SMILES string of the molecule is COCCNCc1cnc(-c2ncccc2Cl)[nH]1. The van der Waals surface area contributed by atoms with Crippen molar-refractivity contribution in [3.8, 4) is 11.5 Å². The van der Waals surface area contributed by atoms with Crippen LogP contribution >= 0.6 is 11.6 Å². The zero-order valence-electron chi connectivity index (χ0n) is 10.1. The van der Waals surface area contributed by atoms with Crippen LogP contribution in [0.2, 0.25) is 5.02 Å². The maximum atomic E-state index is 6.06. The molecule has 0 aliphatic rings. The minimum absolute atomic E-state index is 0.589. The zero-order valence-corrected chi connectivity index (χ0v) is 10.9. The summed E-state index contributed by atoms with van der Waals surface area (Å²) >= 11 is 6.06. The molecule has 0 amide bonds. The average Bonchev–Trinajstić information content (AvgIpc) is 2.84. The van der Waals surface area contributed by atoms with Crippen molar-refractivity contribution in [3.63, 3.8) is 0 Å². The predicted molar refractivity (Wildman–Crippen MR) is 70.4 cm³/mol. The average molecular weight is 267 g/mol. The summed E-state index contributed by atoms with van der Waals surface area (Å²) < 4.78 is 4.95. The van der Waals surface area contributed by atoms with E-state index in [1.807, 2.05) is 0 Å². The Hall–Kier alpha value is -1.43. The van der Waals surface area contributed by atoms with E-state index in [1.165, 1.54) is 0 Å². The molecule has 0 saturated carbocycles. The molecule has 2 rings (SSSR count). The maximum absolute atomic E-state index is 6.06. The Morgan fingerprint density at radius 2 is 2.33 bits per heavy atom. The van der Waals surface area contributed by atoms with Crippen LogP contribution in [0.25, 0.3) is 11.5 Å². The molecule has 0 fully saturated rings. The molecule has 0 unspecified atom stereocenters. The highest BCUT2D eigenvalue weighted by Crippen LogP contribution is 2.22. The van der Waals surface area contributed by atoms with Crippen molar-refractivity contribution < 1.29 is 4.74 Å². The number of hydrogen-bond donors (Lipinski definition) is 2. The van der Waals surface area contributed by atoms with E-state index in [4.69, 9.17) is 16.3 Å². The van der Waals surface area contributed by atoms with Gasteiger partial charge in [-0.1, -0.05) is 11.6 Å². The number of hydrogen-bond acceptors (Lipinski definition) is 4. The fraction of sp³-hybridized carbons (Fsp3) is 0.333. The van der Waals surface area contributed by atoms with Gasteiger partial charge in [-0.25, -0.2) is 4.98 Å². The van der Waals surface area contributed by atoms with Gasteiger partial charge in [0.15, 0.2) is 5.82 Å². The van der Waals surface area contributed by atoms with E-state index in [0.29, 0.717) is 29.7 Å². The van der Waals surface area contributed by atoms with Gasteiger partial charge in [0, 0.05) is 32.1 Å². The second kappa shape index (κ2) is 6.49. The molecule has 18 heavy (non-hydrogen) atoms. The normalized spacial score (nSPS) is 10.8. The molecule has 2 aromatic rings. The number of imidazole rings is 1. The van der Waals surface area contributed by atoms with Crippen LogP contribution in [-0.2, 0) is 11.3 Å². The largest absolute Gasteiger partial charge is 0.383 e. The molecular formula is C12H15ClN4O. The smallest absolute Gasteiger partial charge is 0.157 e. The first-order valence-corrected chi connectivity index (χ1v) is 6.03. The van der Waals surface area contributed by atoms with Gasteiger partial charge >= 0.3 is 0 Å². The van der Waals surface area contributed by atoms with Crippen molar-refractivity contribution in [1.29, 1.82) is 0 Å². The van der Waals surface area contributed by atoms with E-state index in [1.54, 1.807) is 31.6 Å². The Morgan fingerprint density at radius 3 is 3.11 bits per heavy atom. The number of pyridine rings is 1. The van der Waals surface area contributed by atoms with E-state index in [0.717, 1.165) is 12.2 Å². The number of methoxy groups -OCH3 is 1. The van der Waals surface area contributed by atoms with Gasteiger partial charge in [0.05, 0.1) is 17.8 Å². The summed E-state index contributed by atoms with van der Waals surface area (Å²) in [6, 6.07) is 3.59. The van der Waals surface area contributed by atoms with Crippen LogP contribution in [0.1, 0.15) is 5.69 Å². The Bertz CT molecular complexity index is 500. The summed E-state index contributed by atoms with van der Waals surface area (Å²) in [5.74, 6) is 0.684. The number of H-pyrrole nitrogens is 1. The molecule has 2 heterocycles. The Labute approximate surface area is 111 Å². The summed E-state index contributed by atoms with van der Waals surface area (Å²) in [4.78, 5) is 11.7. The number of ether oxygens (including phenoxy) is 1. The van der Waals surface area contributed by atoms with Crippen molar-refractivity contribution >= 4 is 11.6 Å². The first-order valence-electron chi connectivity index (χ1n) is 5.65. The molecule has 0 radical (unpaired) electrons. The minimum Gasteiger partial charge on any atom is -0.383 e. The lowest BCUT2D eigenvalue weighted by Crippen LogP contribution is -2.18. The standard InChI is InChI=1S/C12H15ClN4O/c1-18-6-5-14-7-9-8-16-12(17-9)11-10(13)3-2-4-15-11/h2-4,8,14H,5-7H2,1H3,(H,16,17). The number of aromatic amines is 1. The van der Waals surface area contributed by atoms with E-state index in [9.17, 15) is 0 Å². The van der Waals surface area contributed by atoms with E-state index >= 15 is 0 Å². The zero-order chi connectivity index (χ0) is 12.8. The number of rotatable bonds is 6. The third-order valence-corrected chi connectivity index (χ3v) is 2.71. The Morgan fingerprint density at radius 1 is 1.44 bits per heavy atom. The van der Waals surface area contributed by atoms with Gasteiger partial charge in [0.2, 0.25) is 0 Å². The lowest BCUT2D eigenvalue weighted by molar-refractivity contribution is 0.199. The van der Waals surface area contributed by atoms with Crippen molar-refractivity contribution in [3.05, 3.63) is 35.2 Å². The van der Waals surface area contributed by atoms with Crippen LogP contribution in [0.15, 0.2) is 24.5 Å². The summed E-state index contributed by atoms with van der Waals surface area (Å²) in [7, 11) is 1.68. The number of aromatic nitrogens is 3. The lowest BCUT2D eigenvalue weighted by Gasteiger charge is -2.01. The van der Waals surface area contributed by atoms with Crippen molar-refractivity contribution in [2.75, 3.05) is 20.3 Å². The highest BCUT2D eigenvalue weighted by Gasteiger charge is 2.08. The first-order chi connectivity index (χ1) is 8.81. The van der Waals surface area contributed by atoms with Crippen LogP contribution in [0.3, 0.4) is 0 Å². The maximum Gasteiger partial charge on any atom is 0.157 e. The molecular weight excluding hydrogens is 252 g/mol. The monoisotopic (exact) mass is 266 g/mol. The van der Waals surface area contributed by atoms with Crippen LogP contribution < -0.4 is 5.32 Å². The van der Waals surface area contributed by atoms with Crippen LogP contribution in [0, 0.1) is 0 Å². The molecule has 2 N–H and O–H groups in total. The van der Waals surface area contributed by atoms with Crippen molar-refractivity contribution in [1.82, 2.24) is 20.3 Å². The van der Waals surface area contributed by atoms with Gasteiger partial charge < -0.3 is 15.0 Å². The number of nitrogens with one attached hydrogen (secondary N) is 2. The molecule has 96 valence electrons. The second-order valence-electron chi connectivity index (χ2n) is 3.76. The van der Waals surface area contributed by atoms with Gasteiger partial charge in [-0.2, -0.15) is 0 Å². The number of halogens is 1. The second-order valence-corrected chi connectivity index (χ2v) is 4.17. The van der Waals surface area contributed by atoms with E-state index in [2.05, 4.69) is 20.3 Å². The Kier molecular flexibility index (Phi) is 4.69. The summed E-state index contributed by atoms with van der Waals surface area (Å²) in [5.41, 5.74) is 1.66. The third kappa shape index (κ3) is 3.29. The van der Waals surface area contributed by atoms with Crippen LogP contribution in [0.5, 0.6) is 0 Å². The molecule has 0 saturated heterocycles. The van der Waals surface area contributed by atoms with Crippen molar-refractivity contribution in [2.24, 2.45) is 0 Å². The van der Waals surface area contributed by atoms with Crippen LogP contribution in [-0.4, -0.2) is 35.2 Å². The fourth-order valence-corrected chi connectivity index (χ4v) is 1.74. The van der Waals surface area contributed by atoms with Gasteiger partial charge in [-0.15, -0.1) is 0 Å². The molecule has 6 heteroatoms. The van der Waals surface area contributed by atoms with E-state index in [-0.39, 0.29) is 0 Å². The quantitative estimate of drug-likeness (QED) is 0.784. The summed E-state index contributed by atoms with van der Waals surface area (Å²) in [6.07, 6.45) is 3.47. The predicted octanol–water partition coefficient (Wildman–Crippen LogP) is 1.86. The molecule has 0 aromatic carbocycles. The Balaban J connectivity index is 2.00. The fourth-order valence-electron chi connectivity index (χ4n) is 1.53. The highest BCUT2D eigenvalue weighted by atomic mass is 35.5. The number of nitrogens with zero attached hydrogens (tertiary/aromatic N) is 2.